The molecule has 120 valence electrons. The number of benzene rings is 1. The fraction of sp³-hybridized carbons (Fsp3) is 0.500. The second kappa shape index (κ2) is 7.26. The molecule has 1 aromatic carbocycles. The largest absolute Gasteiger partial charge is 0.481 e. The van der Waals surface area contributed by atoms with Gasteiger partial charge in [-0.15, -0.1) is 0 Å². The number of amides is 2. The standard InChI is InChI=1S/C16H22N2O4/c1-4-21-10-15(19)17-13-6-5-12(9-11(13)2)22-14-7-8-18(3)16(14)20/h5-6,9,14H,4,7-8,10H2,1-3H3,(H,17,19). The smallest absolute Gasteiger partial charge is 0.263 e. The van der Waals surface area contributed by atoms with E-state index in [0.29, 0.717) is 31.0 Å². The van der Waals surface area contributed by atoms with E-state index in [2.05, 4.69) is 5.32 Å². The van der Waals surface area contributed by atoms with Gasteiger partial charge in [-0.25, -0.2) is 0 Å². The summed E-state index contributed by atoms with van der Waals surface area (Å²) in [4.78, 5) is 25.2. The van der Waals surface area contributed by atoms with Crippen molar-refractivity contribution in [3.05, 3.63) is 23.8 Å². The zero-order chi connectivity index (χ0) is 16.1. The second-order valence-electron chi connectivity index (χ2n) is 5.32. The van der Waals surface area contributed by atoms with Gasteiger partial charge in [-0.3, -0.25) is 9.59 Å². The van der Waals surface area contributed by atoms with Crippen LogP contribution in [0, 0.1) is 6.92 Å². The third kappa shape index (κ3) is 3.98. The third-order valence-electron chi connectivity index (χ3n) is 3.57. The van der Waals surface area contributed by atoms with E-state index in [0.717, 1.165) is 5.56 Å². The maximum atomic E-state index is 11.8. The predicted octanol–water partition coefficient (Wildman–Crippen LogP) is 1.58. The molecule has 0 saturated carbocycles. The first-order valence-corrected chi connectivity index (χ1v) is 7.41. The Kier molecular flexibility index (Phi) is 5.38. The Morgan fingerprint density at radius 1 is 1.45 bits per heavy atom. The number of carbonyl (C=O) groups is 2. The van der Waals surface area contributed by atoms with Gasteiger partial charge in [0.2, 0.25) is 5.91 Å². The first kappa shape index (κ1) is 16.3. The van der Waals surface area contributed by atoms with E-state index in [1.807, 2.05) is 19.9 Å². The van der Waals surface area contributed by atoms with Crippen molar-refractivity contribution in [2.45, 2.75) is 26.4 Å². The molecule has 0 aromatic heterocycles. The van der Waals surface area contributed by atoms with Gasteiger partial charge in [0, 0.05) is 32.3 Å². The maximum Gasteiger partial charge on any atom is 0.263 e. The Morgan fingerprint density at radius 3 is 2.82 bits per heavy atom. The van der Waals surface area contributed by atoms with E-state index in [-0.39, 0.29) is 18.4 Å². The summed E-state index contributed by atoms with van der Waals surface area (Å²) in [5.41, 5.74) is 1.59. The lowest BCUT2D eigenvalue weighted by Gasteiger charge is -2.15. The molecule has 0 aliphatic carbocycles. The minimum atomic E-state index is -0.414. The summed E-state index contributed by atoms with van der Waals surface area (Å²) in [6.07, 6.45) is 0.282. The molecule has 2 amide bonds. The lowest BCUT2D eigenvalue weighted by Crippen LogP contribution is -2.29. The number of aryl methyl sites for hydroxylation is 1. The summed E-state index contributed by atoms with van der Waals surface area (Å²) in [6.45, 7) is 4.98. The molecular weight excluding hydrogens is 284 g/mol. The Labute approximate surface area is 130 Å². The Bertz CT molecular complexity index is 559. The van der Waals surface area contributed by atoms with Crippen LogP contribution in [0.25, 0.3) is 0 Å². The number of nitrogens with one attached hydrogen (secondary N) is 1. The Balaban J connectivity index is 1.97. The van der Waals surface area contributed by atoms with Crippen LogP contribution in [0.1, 0.15) is 18.9 Å². The van der Waals surface area contributed by atoms with Gasteiger partial charge >= 0.3 is 0 Å². The quantitative estimate of drug-likeness (QED) is 0.866. The van der Waals surface area contributed by atoms with Gasteiger partial charge in [0.05, 0.1) is 0 Å². The molecule has 1 saturated heterocycles. The minimum absolute atomic E-state index is 0.00625. The average molecular weight is 306 g/mol. The number of hydrogen-bond acceptors (Lipinski definition) is 4. The number of hydrogen-bond donors (Lipinski definition) is 1. The minimum Gasteiger partial charge on any atom is -0.481 e. The van der Waals surface area contributed by atoms with Crippen LogP contribution in [-0.2, 0) is 14.3 Å². The molecule has 1 unspecified atom stereocenters. The summed E-state index contributed by atoms with van der Waals surface area (Å²) in [7, 11) is 1.77. The van der Waals surface area contributed by atoms with E-state index in [1.54, 1.807) is 24.1 Å². The lowest BCUT2D eigenvalue weighted by molar-refractivity contribution is -0.132. The Hall–Kier alpha value is -2.08. The summed E-state index contributed by atoms with van der Waals surface area (Å²) in [6, 6.07) is 5.36. The van der Waals surface area contributed by atoms with Crippen LogP contribution in [0.5, 0.6) is 5.75 Å². The summed E-state index contributed by atoms with van der Waals surface area (Å²) in [5, 5.41) is 2.79. The molecule has 0 bridgehead atoms. The highest BCUT2D eigenvalue weighted by molar-refractivity contribution is 5.92. The highest BCUT2D eigenvalue weighted by Crippen LogP contribution is 2.24. The highest BCUT2D eigenvalue weighted by Gasteiger charge is 2.30. The molecule has 6 heteroatoms. The van der Waals surface area contributed by atoms with Crippen LogP contribution in [-0.4, -0.2) is 49.6 Å². The fourth-order valence-corrected chi connectivity index (χ4v) is 2.29. The summed E-state index contributed by atoms with van der Waals surface area (Å²) >= 11 is 0. The molecule has 0 radical (unpaired) electrons. The number of nitrogens with zero attached hydrogens (tertiary/aromatic N) is 1. The molecule has 0 spiro atoms. The van der Waals surface area contributed by atoms with Crippen molar-refractivity contribution < 1.29 is 19.1 Å². The lowest BCUT2D eigenvalue weighted by atomic mass is 10.2. The van der Waals surface area contributed by atoms with E-state index in [9.17, 15) is 9.59 Å². The zero-order valence-corrected chi connectivity index (χ0v) is 13.2. The monoisotopic (exact) mass is 306 g/mol. The highest BCUT2D eigenvalue weighted by atomic mass is 16.5. The van der Waals surface area contributed by atoms with E-state index < -0.39 is 6.10 Å². The third-order valence-corrected chi connectivity index (χ3v) is 3.57. The SMILES string of the molecule is CCOCC(=O)Nc1ccc(OC2CCN(C)C2=O)cc1C. The predicted molar refractivity (Wildman–Crippen MR) is 83.0 cm³/mol. The molecule has 1 N–H and O–H groups in total. The number of carbonyl (C=O) groups excluding carboxylic acids is 2. The number of anilines is 1. The number of likely N-dealkylation sites (N-methyl/N-ethyl adjacent to an activating group) is 1. The molecule has 6 nitrogen and oxygen atoms in total. The molecule has 1 fully saturated rings. The average Bonchev–Trinajstić information content (AvgIpc) is 2.80. The molecule has 1 aromatic rings. The molecule has 1 aliphatic rings. The summed E-state index contributed by atoms with van der Waals surface area (Å²) < 4.78 is 10.8. The van der Waals surface area contributed by atoms with Gasteiger partial charge < -0.3 is 19.7 Å². The molecule has 22 heavy (non-hydrogen) atoms. The first-order valence-electron chi connectivity index (χ1n) is 7.41. The van der Waals surface area contributed by atoms with Gasteiger partial charge in [-0.05, 0) is 37.6 Å². The zero-order valence-electron chi connectivity index (χ0n) is 13.2. The van der Waals surface area contributed by atoms with Crippen molar-refractivity contribution in [3.8, 4) is 5.75 Å². The topological polar surface area (TPSA) is 67.9 Å². The van der Waals surface area contributed by atoms with Crippen LogP contribution < -0.4 is 10.1 Å². The Morgan fingerprint density at radius 2 is 2.23 bits per heavy atom. The van der Waals surface area contributed by atoms with Crippen molar-refractivity contribution in [1.82, 2.24) is 4.90 Å². The number of likely N-dealkylation sites (tertiary alicyclic amines) is 1. The fourth-order valence-electron chi connectivity index (χ4n) is 2.29. The molecule has 1 aliphatic heterocycles. The van der Waals surface area contributed by atoms with Crippen molar-refractivity contribution in [1.29, 1.82) is 0 Å². The van der Waals surface area contributed by atoms with Gasteiger partial charge in [0.1, 0.15) is 12.4 Å². The van der Waals surface area contributed by atoms with Crippen LogP contribution >= 0.6 is 0 Å². The van der Waals surface area contributed by atoms with Crippen LogP contribution in [0.2, 0.25) is 0 Å². The first-order chi connectivity index (χ1) is 10.5. The van der Waals surface area contributed by atoms with Crippen molar-refractivity contribution in [3.63, 3.8) is 0 Å². The van der Waals surface area contributed by atoms with Crippen molar-refractivity contribution in [2.24, 2.45) is 0 Å². The van der Waals surface area contributed by atoms with Crippen LogP contribution in [0.4, 0.5) is 5.69 Å². The molecule has 1 heterocycles. The van der Waals surface area contributed by atoms with Gasteiger partial charge in [-0.2, -0.15) is 0 Å². The van der Waals surface area contributed by atoms with E-state index in [1.165, 1.54) is 0 Å². The molecular formula is C16H22N2O4. The maximum absolute atomic E-state index is 11.8. The van der Waals surface area contributed by atoms with Crippen LogP contribution in [0.3, 0.4) is 0 Å². The van der Waals surface area contributed by atoms with Crippen molar-refractivity contribution >= 4 is 17.5 Å². The second-order valence-corrected chi connectivity index (χ2v) is 5.32. The normalized spacial score (nSPS) is 17.7. The van der Waals surface area contributed by atoms with Crippen LogP contribution in [0.15, 0.2) is 18.2 Å². The van der Waals surface area contributed by atoms with Gasteiger partial charge in [0.15, 0.2) is 6.10 Å². The molecule has 2 rings (SSSR count). The summed E-state index contributed by atoms with van der Waals surface area (Å²) in [5.74, 6) is 0.451. The van der Waals surface area contributed by atoms with Gasteiger partial charge in [0.25, 0.3) is 5.91 Å². The molecule has 1 atom stereocenters. The van der Waals surface area contributed by atoms with E-state index in [4.69, 9.17) is 9.47 Å². The van der Waals surface area contributed by atoms with Gasteiger partial charge in [-0.1, -0.05) is 0 Å². The number of ether oxygens (including phenoxy) is 2. The number of rotatable bonds is 6. The van der Waals surface area contributed by atoms with E-state index >= 15 is 0 Å². The van der Waals surface area contributed by atoms with Crippen molar-refractivity contribution in [2.75, 3.05) is 32.1 Å².